The van der Waals surface area contributed by atoms with E-state index in [0.29, 0.717) is 34.6 Å². The number of hydrogen-bond acceptors (Lipinski definition) is 4. The second-order valence-electron chi connectivity index (χ2n) is 5.93. The molecular weight excluding hydrogens is 404 g/mol. The Morgan fingerprint density at radius 1 is 1.19 bits per heavy atom. The van der Waals surface area contributed by atoms with Crippen molar-refractivity contribution in [3.8, 4) is 5.75 Å². The summed E-state index contributed by atoms with van der Waals surface area (Å²) in [6.45, 7) is 1.14. The Morgan fingerprint density at radius 2 is 1.96 bits per heavy atom. The first-order chi connectivity index (χ1) is 12.0. The highest BCUT2D eigenvalue weighted by Gasteiger charge is 2.24. The van der Waals surface area contributed by atoms with E-state index in [2.05, 4.69) is 0 Å². The third kappa shape index (κ3) is 4.80. The molecule has 8 heteroatoms. The van der Waals surface area contributed by atoms with Crippen molar-refractivity contribution in [1.29, 1.82) is 0 Å². The molecule has 2 aromatic carbocycles. The molecule has 2 aromatic rings. The predicted octanol–water partition coefficient (Wildman–Crippen LogP) is 4.46. The SMILES string of the molecule is Cl.N[C@@H](c1ccc(Cl)c(Cl)c1)[C@H](O)c1ccc(OC2CCOC2)cc1F. The van der Waals surface area contributed by atoms with Crippen LogP contribution < -0.4 is 10.5 Å². The maximum absolute atomic E-state index is 14.4. The van der Waals surface area contributed by atoms with Gasteiger partial charge < -0.3 is 20.3 Å². The summed E-state index contributed by atoms with van der Waals surface area (Å²) in [5, 5.41) is 11.2. The maximum atomic E-state index is 14.4. The van der Waals surface area contributed by atoms with Crippen molar-refractivity contribution < 1.29 is 19.0 Å². The Bertz CT molecular complexity index is 756. The summed E-state index contributed by atoms with van der Waals surface area (Å²) in [4.78, 5) is 0. The van der Waals surface area contributed by atoms with Crippen LogP contribution in [0.3, 0.4) is 0 Å². The molecule has 0 spiro atoms. The smallest absolute Gasteiger partial charge is 0.132 e. The van der Waals surface area contributed by atoms with Gasteiger partial charge in [-0.2, -0.15) is 0 Å². The topological polar surface area (TPSA) is 64.7 Å². The quantitative estimate of drug-likeness (QED) is 0.747. The van der Waals surface area contributed by atoms with Gasteiger partial charge in [-0.1, -0.05) is 29.3 Å². The van der Waals surface area contributed by atoms with E-state index in [1.54, 1.807) is 24.3 Å². The number of rotatable bonds is 5. The summed E-state index contributed by atoms with van der Waals surface area (Å²) in [6.07, 6.45) is -0.538. The average molecular weight is 423 g/mol. The van der Waals surface area contributed by atoms with E-state index in [1.807, 2.05) is 0 Å². The monoisotopic (exact) mass is 421 g/mol. The molecule has 0 saturated carbocycles. The van der Waals surface area contributed by atoms with Crippen LogP contribution in [0, 0.1) is 5.82 Å². The first-order valence-electron chi connectivity index (χ1n) is 7.88. The highest BCUT2D eigenvalue weighted by molar-refractivity contribution is 6.42. The van der Waals surface area contributed by atoms with E-state index in [1.165, 1.54) is 12.1 Å². The van der Waals surface area contributed by atoms with Crippen LogP contribution >= 0.6 is 35.6 Å². The fourth-order valence-corrected chi connectivity index (χ4v) is 3.02. The van der Waals surface area contributed by atoms with Crippen LogP contribution in [0.4, 0.5) is 4.39 Å². The van der Waals surface area contributed by atoms with E-state index < -0.39 is 18.0 Å². The zero-order valence-electron chi connectivity index (χ0n) is 13.7. The molecule has 1 aliphatic heterocycles. The Balaban J connectivity index is 0.00000243. The lowest BCUT2D eigenvalue weighted by Gasteiger charge is -2.21. The molecule has 0 bridgehead atoms. The third-order valence-corrected chi connectivity index (χ3v) is 4.89. The van der Waals surface area contributed by atoms with E-state index in [0.717, 1.165) is 6.42 Å². The van der Waals surface area contributed by atoms with Crippen molar-refractivity contribution in [2.45, 2.75) is 24.7 Å². The lowest BCUT2D eigenvalue weighted by molar-refractivity contribution is 0.138. The van der Waals surface area contributed by atoms with E-state index in [4.69, 9.17) is 38.4 Å². The lowest BCUT2D eigenvalue weighted by atomic mass is 9.96. The zero-order chi connectivity index (χ0) is 18.0. The van der Waals surface area contributed by atoms with Crippen molar-refractivity contribution in [1.82, 2.24) is 0 Å². The molecule has 0 amide bonds. The van der Waals surface area contributed by atoms with E-state index in [9.17, 15) is 9.50 Å². The molecule has 1 aliphatic rings. The molecule has 1 saturated heterocycles. The normalized spacial score (nSPS) is 18.9. The average Bonchev–Trinajstić information content (AvgIpc) is 3.09. The van der Waals surface area contributed by atoms with Crippen molar-refractivity contribution in [2.24, 2.45) is 5.73 Å². The van der Waals surface area contributed by atoms with Crippen molar-refractivity contribution in [3.05, 3.63) is 63.4 Å². The second-order valence-corrected chi connectivity index (χ2v) is 6.75. The summed E-state index contributed by atoms with van der Waals surface area (Å²) < 4.78 is 25.3. The molecule has 0 aliphatic carbocycles. The van der Waals surface area contributed by atoms with Crippen molar-refractivity contribution in [2.75, 3.05) is 13.2 Å². The maximum Gasteiger partial charge on any atom is 0.132 e. The van der Waals surface area contributed by atoms with Gasteiger partial charge in [0.25, 0.3) is 0 Å². The molecule has 3 N–H and O–H groups in total. The lowest BCUT2D eigenvalue weighted by Crippen LogP contribution is -2.21. The fourth-order valence-electron chi connectivity index (χ4n) is 2.71. The van der Waals surface area contributed by atoms with Crippen LogP contribution in [-0.2, 0) is 4.74 Å². The number of ether oxygens (including phenoxy) is 2. The minimum absolute atomic E-state index is 0. The summed E-state index contributed by atoms with van der Waals surface area (Å²) in [7, 11) is 0. The molecular formula is C18H19Cl3FNO3. The molecule has 0 aromatic heterocycles. The number of benzene rings is 2. The Labute approximate surface area is 167 Å². The summed E-state index contributed by atoms with van der Waals surface area (Å²) in [6, 6.07) is 8.29. The van der Waals surface area contributed by atoms with Crippen LogP contribution in [-0.4, -0.2) is 24.4 Å². The number of aliphatic hydroxyl groups excluding tert-OH is 1. The summed E-state index contributed by atoms with van der Waals surface area (Å²) in [5.41, 5.74) is 6.71. The molecule has 0 radical (unpaired) electrons. The molecule has 3 rings (SSSR count). The van der Waals surface area contributed by atoms with Gasteiger partial charge in [-0.3, -0.25) is 0 Å². The van der Waals surface area contributed by atoms with Gasteiger partial charge in [0, 0.05) is 18.1 Å². The fraction of sp³-hybridized carbons (Fsp3) is 0.333. The molecule has 1 unspecified atom stereocenters. The van der Waals surface area contributed by atoms with Crippen LogP contribution in [0.5, 0.6) is 5.75 Å². The largest absolute Gasteiger partial charge is 0.488 e. The zero-order valence-corrected chi connectivity index (χ0v) is 16.0. The number of nitrogens with two attached hydrogens (primary N) is 1. The highest BCUT2D eigenvalue weighted by Crippen LogP contribution is 2.33. The van der Waals surface area contributed by atoms with Crippen LogP contribution in [0.25, 0.3) is 0 Å². The molecule has 142 valence electrons. The van der Waals surface area contributed by atoms with Crippen LogP contribution in [0.2, 0.25) is 10.0 Å². The van der Waals surface area contributed by atoms with Gasteiger partial charge in [-0.25, -0.2) is 4.39 Å². The minimum Gasteiger partial charge on any atom is -0.488 e. The molecule has 3 atom stereocenters. The van der Waals surface area contributed by atoms with E-state index >= 15 is 0 Å². The van der Waals surface area contributed by atoms with Crippen molar-refractivity contribution in [3.63, 3.8) is 0 Å². The Kier molecular flexibility index (Phi) is 7.52. The standard InChI is InChI=1S/C18H18Cl2FNO3.ClH/c19-14-4-1-10(7-15(14)20)17(22)18(23)13-3-2-11(8-16(13)21)25-12-5-6-24-9-12;/h1-4,7-8,12,17-18,23H,5-6,9,22H2;1H/t12?,17-,18+;/m0./s1. The summed E-state index contributed by atoms with van der Waals surface area (Å²) >= 11 is 11.8. The molecule has 4 nitrogen and oxygen atoms in total. The van der Waals surface area contributed by atoms with Gasteiger partial charge in [-0.05, 0) is 29.8 Å². The van der Waals surface area contributed by atoms with Crippen LogP contribution in [0.1, 0.15) is 29.7 Å². The van der Waals surface area contributed by atoms with Gasteiger partial charge in [0.05, 0.1) is 29.3 Å². The highest BCUT2D eigenvalue weighted by atomic mass is 35.5. The Morgan fingerprint density at radius 3 is 2.58 bits per heavy atom. The van der Waals surface area contributed by atoms with Crippen LogP contribution in [0.15, 0.2) is 36.4 Å². The third-order valence-electron chi connectivity index (χ3n) is 4.15. The number of aliphatic hydroxyl groups is 1. The predicted molar refractivity (Wildman–Crippen MR) is 102 cm³/mol. The van der Waals surface area contributed by atoms with Gasteiger partial charge in [0.2, 0.25) is 0 Å². The molecule has 1 fully saturated rings. The van der Waals surface area contributed by atoms with Crippen molar-refractivity contribution >= 4 is 35.6 Å². The Hall–Kier alpha value is -1.08. The number of halogens is 4. The van der Waals surface area contributed by atoms with Gasteiger partial charge in [0.1, 0.15) is 23.8 Å². The first-order valence-corrected chi connectivity index (χ1v) is 8.63. The van der Waals surface area contributed by atoms with Gasteiger partial charge in [-0.15, -0.1) is 12.4 Å². The molecule has 26 heavy (non-hydrogen) atoms. The summed E-state index contributed by atoms with van der Waals surface area (Å²) in [5.74, 6) is -0.188. The van der Waals surface area contributed by atoms with E-state index in [-0.39, 0.29) is 24.1 Å². The minimum atomic E-state index is -1.24. The molecule has 1 heterocycles. The number of hydrogen-bond donors (Lipinski definition) is 2. The van der Waals surface area contributed by atoms with Gasteiger partial charge >= 0.3 is 0 Å². The van der Waals surface area contributed by atoms with Gasteiger partial charge in [0.15, 0.2) is 0 Å². The first kappa shape index (κ1) is 21.2. The second kappa shape index (κ2) is 9.22.